The van der Waals surface area contributed by atoms with Crippen molar-refractivity contribution >= 4 is 21.4 Å². The summed E-state index contributed by atoms with van der Waals surface area (Å²) in [6, 6.07) is 0.730. The van der Waals surface area contributed by atoms with Gasteiger partial charge in [0.1, 0.15) is 0 Å². The van der Waals surface area contributed by atoms with Crippen molar-refractivity contribution in [1.82, 2.24) is 25.1 Å². The molecule has 0 atom stereocenters. The summed E-state index contributed by atoms with van der Waals surface area (Å²) in [7, 11) is 0. The van der Waals surface area contributed by atoms with Crippen LogP contribution in [0.2, 0.25) is 0 Å². The Balaban J connectivity index is 1.71. The minimum absolute atomic E-state index is 0.538. The molecule has 3 N–H and O–H groups in total. The third kappa shape index (κ3) is 1.80. The van der Waals surface area contributed by atoms with Crippen molar-refractivity contribution in [1.29, 1.82) is 0 Å². The maximum atomic E-state index is 5.59. The molecular formula is C8H12N6S. The van der Waals surface area contributed by atoms with Crippen LogP contribution in [0.4, 0.5) is 5.13 Å². The van der Waals surface area contributed by atoms with Gasteiger partial charge in [-0.05, 0) is 12.8 Å². The highest BCUT2D eigenvalue weighted by atomic mass is 32.1. The molecule has 2 aromatic heterocycles. The van der Waals surface area contributed by atoms with Gasteiger partial charge in [-0.2, -0.15) is 4.52 Å². The molecule has 0 radical (unpaired) electrons. The number of fused-ring (bicyclic) bond motifs is 1. The average Bonchev–Trinajstić information content (AvgIpc) is 2.85. The lowest BCUT2D eigenvalue weighted by molar-refractivity contribution is 0.655. The summed E-state index contributed by atoms with van der Waals surface area (Å²) in [4.78, 5) is 0.772. The van der Waals surface area contributed by atoms with E-state index >= 15 is 0 Å². The number of aromatic nitrogens is 4. The van der Waals surface area contributed by atoms with Crippen LogP contribution in [0.1, 0.15) is 18.7 Å². The van der Waals surface area contributed by atoms with Crippen LogP contribution in [0, 0.1) is 0 Å². The first-order chi connectivity index (χ1) is 7.33. The first kappa shape index (κ1) is 9.05. The minimum atomic E-state index is 0.538. The zero-order chi connectivity index (χ0) is 10.3. The van der Waals surface area contributed by atoms with Crippen LogP contribution in [0.15, 0.2) is 0 Å². The number of nitrogens with one attached hydrogen (secondary N) is 1. The highest BCUT2D eigenvalue weighted by Crippen LogP contribution is 2.18. The molecule has 0 aliphatic heterocycles. The Kier molecular flexibility index (Phi) is 2.06. The third-order valence-electron chi connectivity index (χ3n) is 2.43. The van der Waals surface area contributed by atoms with E-state index in [4.69, 9.17) is 5.73 Å². The number of nitrogens with zero attached hydrogens (tertiary/aromatic N) is 4. The Morgan fingerprint density at radius 1 is 1.47 bits per heavy atom. The van der Waals surface area contributed by atoms with Crippen molar-refractivity contribution in [2.75, 3.05) is 12.3 Å². The molecule has 2 aromatic rings. The van der Waals surface area contributed by atoms with Crippen LogP contribution in [-0.2, 0) is 6.42 Å². The summed E-state index contributed by atoms with van der Waals surface area (Å²) in [5, 5.41) is 16.2. The number of nitrogen functional groups attached to an aromatic ring is 1. The number of rotatable bonds is 4. The van der Waals surface area contributed by atoms with Crippen molar-refractivity contribution in [3.63, 3.8) is 0 Å². The van der Waals surface area contributed by atoms with E-state index in [9.17, 15) is 0 Å². The van der Waals surface area contributed by atoms with Gasteiger partial charge < -0.3 is 11.1 Å². The van der Waals surface area contributed by atoms with E-state index in [0.29, 0.717) is 5.13 Å². The van der Waals surface area contributed by atoms with Gasteiger partial charge in [0.15, 0.2) is 5.82 Å². The maximum absolute atomic E-state index is 5.59. The Labute approximate surface area is 90.5 Å². The monoisotopic (exact) mass is 224 g/mol. The van der Waals surface area contributed by atoms with E-state index in [1.54, 1.807) is 4.52 Å². The Bertz CT molecular complexity index is 470. The molecule has 3 rings (SSSR count). The molecule has 6 nitrogen and oxygen atoms in total. The van der Waals surface area contributed by atoms with Crippen LogP contribution in [-0.4, -0.2) is 32.4 Å². The van der Waals surface area contributed by atoms with E-state index in [1.165, 1.54) is 24.2 Å². The summed E-state index contributed by atoms with van der Waals surface area (Å²) >= 11 is 1.36. The van der Waals surface area contributed by atoms with Gasteiger partial charge in [0.2, 0.25) is 10.1 Å². The van der Waals surface area contributed by atoms with Gasteiger partial charge in [-0.3, -0.25) is 0 Å². The van der Waals surface area contributed by atoms with E-state index in [2.05, 4.69) is 20.6 Å². The zero-order valence-electron chi connectivity index (χ0n) is 8.18. The molecule has 15 heavy (non-hydrogen) atoms. The summed E-state index contributed by atoms with van der Waals surface area (Å²) < 4.78 is 1.73. The van der Waals surface area contributed by atoms with Gasteiger partial charge in [0, 0.05) is 19.0 Å². The number of hydrogen-bond donors (Lipinski definition) is 2. The van der Waals surface area contributed by atoms with Crippen molar-refractivity contribution in [2.24, 2.45) is 0 Å². The lowest BCUT2D eigenvalue weighted by Gasteiger charge is -1.99. The molecule has 1 aliphatic rings. The van der Waals surface area contributed by atoms with E-state index in [0.717, 1.165) is 29.8 Å². The fraction of sp³-hybridized carbons (Fsp3) is 0.625. The third-order valence-corrected chi connectivity index (χ3v) is 3.16. The summed E-state index contributed by atoms with van der Waals surface area (Å²) in [6.07, 6.45) is 3.46. The van der Waals surface area contributed by atoms with Crippen LogP contribution in [0.3, 0.4) is 0 Å². The molecule has 0 unspecified atom stereocenters. The van der Waals surface area contributed by atoms with Gasteiger partial charge in [-0.25, -0.2) is 0 Å². The standard InChI is InChI=1S/C8H12N6S/c9-7-13-14-6(11-12-8(14)15-7)3-4-10-5-1-2-5/h5,10H,1-4H2,(H2,9,13). The Hall–Kier alpha value is -1.21. The molecule has 80 valence electrons. The molecule has 1 fully saturated rings. The number of anilines is 1. The Morgan fingerprint density at radius 3 is 3.13 bits per heavy atom. The highest BCUT2D eigenvalue weighted by Gasteiger charge is 2.20. The summed E-state index contributed by atoms with van der Waals surface area (Å²) in [5.74, 6) is 0.881. The van der Waals surface area contributed by atoms with E-state index < -0.39 is 0 Å². The lowest BCUT2D eigenvalue weighted by Crippen LogP contribution is -2.20. The van der Waals surface area contributed by atoms with Crippen LogP contribution in [0.25, 0.3) is 4.96 Å². The van der Waals surface area contributed by atoms with Gasteiger partial charge in [-0.15, -0.1) is 15.3 Å². The topological polar surface area (TPSA) is 81.1 Å². The quantitative estimate of drug-likeness (QED) is 0.767. The summed E-state index contributed by atoms with van der Waals surface area (Å²) in [6.45, 7) is 0.933. The highest BCUT2D eigenvalue weighted by molar-refractivity contribution is 7.20. The van der Waals surface area contributed by atoms with Crippen molar-refractivity contribution in [2.45, 2.75) is 25.3 Å². The molecule has 2 heterocycles. The average molecular weight is 224 g/mol. The van der Waals surface area contributed by atoms with Crippen LogP contribution < -0.4 is 11.1 Å². The molecule has 0 bridgehead atoms. The second-order valence-corrected chi connectivity index (χ2v) is 4.72. The number of hydrogen-bond acceptors (Lipinski definition) is 6. The molecule has 0 saturated heterocycles. The SMILES string of the molecule is Nc1nn2c(CCNC3CC3)nnc2s1. The predicted octanol–water partition coefficient (Wildman–Crippen LogP) is 0.0625. The maximum Gasteiger partial charge on any atom is 0.236 e. The van der Waals surface area contributed by atoms with E-state index in [-0.39, 0.29) is 0 Å². The fourth-order valence-corrected chi connectivity index (χ4v) is 2.13. The fourth-order valence-electron chi connectivity index (χ4n) is 1.50. The van der Waals surface area contributed by atoms with Crippen molar-refractivity contribution in [3.8, 4) is 0 Å². The zero-order valence-corrected chi connectivity index (χ0v) is 9.00. The normalized spacial score (nSPS) is 16.3. The van der Waals surface area contributed by atoms with Gasteiger partial charge in [0.05, 0.1) is 0 Å². The first-order valence-electron chi connectivity index (χ1n) is 5.03. The second-order valence-electron chi connectivity index (χ2n) is 3.73. The van der Waals surface area contributed by atoms with Gasteiger partial charge in [-0.1, -0.05) is 11.3 Å². The summed E-state index contributed by atoms with van der Waals surface area (Å²) in [5.41, 5.74) is 5.59. The van der Waals surface area contributed by atoms with Gasteiger partial charge in [0.25, 0.3) is 0 Å². The van der Waals surface area contributed by atoms with Gasteiger partial charge >= 0.3 is 0 Å². The number of nitrogens with two attached hydrogens (primary N) is 1. The molecule has 0 amide bonds. The molecule has 7 heteroatoms. The molecule has 1 saturated carbocycles. The van der Waals surface area contributed by atoms with Crippen molar-refractivity contribution < 1.29 is 0 Å². The Morgan fingerprint density at radius 2 is 2.33 bits per heavy atom. The smallest absolute Gasteiger partial charge is 0.236 e. The molecular weight excluding hydrogens is 212 g/mol. The second kappa shape index (κ2) is 3.42. The lowest BCUT2D eigenvalue weighted by atomic mass is 10.4. The largest absolute Gasteiger partial charge is 0.374 e. The molecule has 1 aliphatic carbocycles. The minimum Gasteiger partial charge on any atom is -0.374 e. The molecule has 0 spiro atoms. The van der Waals surface area contributed by atoms with E-state index in [1.807, 2.05) is 0 Å². The first-order valence-corrected chi connectivity index (χ1v) is 5.84. The van der Waals surface area contributed by atoms with Crippen molar-refractivity contribution in [3.05, 3.63) is 5.82 Å². The van der Waals surface area contributed by atoms with Crippen LogP contribution in [0.5, 0.6) is 0 Å². The van der Waals surface area contributed by atoms with Crippen LogP contribution >= 0.6 is 11.3 Å². The molecule has 0 aromatic carbocycles. The predicted molar refractivity (Wildman–Crippen MR) is 57.8 cm³/mol.